The Labute approximate surface area is 103 Å². The summed E-state index contributed by atoms with van der Waals surface area (Å²) in [6.45, 7) is 5.00. The van der Waals surface area contributed by atoms with Gasteiger partial charge in [-0.25, -0.2) is 0 Å². The van der Waals surface area contributed by atoms with E-state index in [1.165, 1.54) is 5.57 Å². The molecule has 0 atom stereocenters. The molecule has 0 radical (unpaired) electrons. The molecule has 0 aromatic carbocycles. The van der Waals surface area contributed by atoms with Gasteiger partial charge in [-0.2, -0.15) is 5.26 Å². The van der Waals surface area contributed by atoms with Crippen LogP contribution >= 0.6 is 0 Å². The van der Waals surface area contributed by atoms with Crippen LogP contribution in [0, 0.1) is 18.3 Å². The maximum atomic E-state index is 8.64. The van der Waals surface area contributed by atoms with Gasteiger partial charge in [-0.3, -0.25) is 4.98 Å². The van der Waals surface area contributed by atoms with Crippen molar-refractivity contribution in [3.63, 3.8) is 0 Å². The van der Waals surface area contributed by atoms with E-state index in [2.05, 4.69) is 36.0 Å². The molecule has 90 valence electrons. The van der Waals surface area contributed by atoms with Crippen molar-refractivity contribution in [1.82, 2.24) is 4.98 Å². The van der Waals surface area contributed by atoms with Crippen LogP contribution in [-0.4, -0.2) is 18.6 Å². The van der Waals surface area contributed by atoms with Crippen LogP contribution in [0.15, 0.2) is 30.0 Å². The van der Waals surface area contributed by atoms with Crippen molar-refractivity contribution in [2.75, 3.05) is 18.5 Å². The van der Waals surface area contributed by atoms with Crippen molar-refractivity contribution in [1.29, 1.82) is 5.26 Å². The summed E-state index contributed by atoms with van der Waals surface area (Å²) < 4.78 is 0. The second-order valence-electron chi connectivity index (χ2n) is 4.06. The average molecular weight is 229 g/mol. The lowest BCUT2D eigenvalue weighted by Crippen LogP contribution is -2.20. The van der Waals surface area contributed by atoms with Gasteiger partial charge in [0.05, 0.1) is 17.5 Å². The van der Waals surface area contributed by atoms with E-state index in [0.29, 0.717) is 0 Å². The first-order chi connectivity index (χ1) is 8.19. The van der Waals surface area contributed by atoms with E-state index in [4.69, 9.17) is 5.26 Å². The van der Waals surface area contributed by atoms with Crippen LogP contribution < -0.4 is 4.90 Å². The zero-order valence-corrected chi connectivity index (χ0v) is 10.8. The largest absolute Gasteiger partial charge is 0.373 e. The highest BCUT2D eigenvalue weighted by Crippen LogP contribution is 2.17. The minimum absolute atomic E-state index is 0.911. The van der Waals surface area contributed by atoms with Crippen molar-refractivity contribution in [3.05, 3.63) is 35.7 Å². The zero-order chi connectivity index (χ0) is 12.7. The van der Waals surface area contributed by atoms with Crippen LogP contribution in [-0.2, 0) is 0 Å². The third-order valence-corrected chi connectivity index (χ3v) is 2.88. The lowest BCUT2D eigenvalue weighted by Gasteiger charge is -2.21. The van der Waals surface area contributed by atoms with Crippen LogP contribution in [0.4, 0.5) is 5.69 Å². The zero-order valence-electron chi connectivity index (χ0n) is 10.8. The molecule has 1 aromatic heterocycles. The molecule has 1 rings (SSSR count). The fourth-order valence-corrected chi connectivity index (χ4v) is 1.75. The Morgan fingerprint density at radius 3 is 2.94 bits per heavy atom. The topological polar surface area (TPSA) is 39.9 Å². The summed E-state index contributed by atoms with van der Waals surface area (Å²) in [7, 11) is 2.06. The number of nitrogens with zero attached hydrogens (tertiary/aromatic N) is 3. The fourth-order valence-electron chi connectivity index (χ4n) is 1.75. The van der Waals surface area contributed by atoms with Gasteiger partial charge in [-0.1, -0.05) is 12.5 Å². The molecule has 0 saturated carbocycles. The summed E-state index contributed by atoms with van der Waals surface area (Å²) in [5.41, 5.74) is 3.39. The lowest BCUT2D eigenvalue weighted by molar-refractivity contribution is 0.831. The molecule has 3 heteroatoms. The third-order valence-electron chi connectivity index (χ3n) is 2.88. The van der Waals surface area contributed by atoms with Crippen molar-refractivity contribution < 1.29 is 0 Å². The predicted molar refractivity (Wildman–Crippen MR) is 70.8 cm³/mol. The highest BCUT2D eigenvalue weighted by Gasteiger charge is 2.05. The minimum Gasteiger partial charge on any atom is -0.373 e. The van der Waals surface area contributed by atoms with Crippen LogP contribution in [0.5, 0.6) is 0 Å². The molecule has 0 spiro atoms. The smallest absolute Gasteiger partial charge is 0.0911 e. The molecule has 0 bridgehead atoms. The number of hydrogen-bond donors (Lipinski definition) is 0. The van der Waals surface area contributed by atoms with Crippen LogP contribution in [0.25, 0.3) is 0 Å². The molecule has 0 aliphatic carbocycles. The first kappa shape index (κ1) is 13.2. The van der Waals surface area contributed by atoms with Gasteiger partial charge >= 0.3 is 0 Å². The van der Waals surface area contributed by atoms with Gasteiger partial charge in [0.15, 0.2) is 0 Å². The molecule has 1 aromatic rings. The maximum Gasteiger partial charge on any atom is 0.0911 e. The predicted octanol–water partition coefficient (Wildman–Crippen LogP) is 3.08. The van der Waals surface area contributed by atoms with Crippen molar-refractivity contribution in [2.24, 2.45) is 0 Å². The average Bonchev–Trinajstić information content (AvgIpc) is 2.34. The molecule has 0 fully saturated rings. The molecule has 0 aliphatic rings. The van der Waals surface area contributed by atoms with E-state index in [1.54, 1.807) is 12.3 Å². The molecule has 17 heavy (non-hydrogen) atoms. The van der Waals surface area contributed by atoms with Gasteiger partial charge in [0, 0.05) is 25.9 Å². The first-order valence-corrected chi connectivity index (χ1v) is 5.89. The van der Waals surface area contributed by atoms with Crippen molar-refractivity contribution in [2.45, 2.75) is 26.7 Å². The lowest BCUT2D eigenvalue weighted by atomic mass is 10.1. The van der Waals surface area contributed by atoms with Gasteiger partial charge < -0.3 is 4.90 Å². The third kappa shape index (κ3) is 3.92. The summed E-state index contributed by atoms with van der Waals surface area (Å²) in [5, 5.41) is 8.64. The van der Waals surface area contributed by atoms with Gasteiger partial charge in [-0.15, -0.1) is 0 Å². The van der Waals surface area contributed by atoms with Gasteiger partial charge in [0.2, 0.25) is 0 Å². The molecular weight excluding hydrogens is 210 g/mol. The summed E-state index contributed by atoms with van der Waals surface area (Å²) in [6, 6.07) is 6.12. The van der Waals surface area contributed by atoms with Crippen LogP contribution in [0.2, 0.25) is 0 Å². The molecule has 0 N–H and O–H groups in total. The maximum absolute atomic E-state index is 8.64. The molecular formula is C14H19N3. The number of anilines is 1. The number of rotatable bonds is 5. The number of hydrogen-bond acceptors (Lipinski definition) is 3. The highest BCUT2D eigenvalue weighted by atomic mass is 15.1. The van der Waals surface area contributed by atoms with E-state index in [9.17, 15) is 0 Å². The molecule has 3 nitrogen and oxygen atoms in total. The Bertz CT molecular complexity index is 429. The Morgan fingerprint density at radius 1 is 1.59 bits per heavy atom. The molecule has 0 saturated heterocycles. The molecule has 1 heterocycles. The first-order valence-electron chi connectivity index (χ1n) is 5.89. The standard InChI is InChI=1S/C14H19N3/c1-4-13(7-9-15)8-11-17(3)14-6-5-10-16-12(14)2/h5-7,10H,4,8,11H2,1-3H3/b13-7+. The summed E-state index contributed by atoms with van der Waals surface area (Å²) in [5.74, 6) is 0. The SMILES string of the molecule is CC/C(=C\C#N)CCN(C)c1cccnc1C. The summed E-state index contributed by atoms with van der Waals surface area (Å²) >= 11 is 0. The van der Waals surface area contributed by atoms with E-state index in [0.717, 1.165) is 30.8 Å². The molecule has 0 unspecified atom stereocenters. The summed E-state index contributed by atoms with van der Waals surface area (Å²) in [6.07, 6.45) is 5.33. The van der Waals surface area contributed by atoms with Crippen molar-refractivity contribution >= 4 is 5.69 Å². The number of aryl methyl sites for hydroxylation is 1. The van der Waals surface area contributed by atoms with E-state index < -0.39 is 0 Å². The Morgan fingerprint density at radius 2 is 2.35 bits per heavy atom. The number of nitriles is 1. The van der Waals surface area contributed by atoms with E-state index >= 15 is 0 Å². The Kier molecular flexibility index (Phi) is 5.22. The second kappa shape index (κ2) is 6.70. The Balaban J connectivity index is 2.62. The van der Waals surface area contributed by atoms with Gasteiger partial charge in [0.1, 0.15) is 0 Å². The molecule has 0 amide bonds. The minimum atomic E-state index is 0.911. The monoisotopic (exact) mass is 229 g/mol. The fraction of sp³-hybridized carbons (Fsp3) is 0.429. The quantitative estimate of drug-likeness (QED) is 0.728. The Hall–Kier alpha value is -1.82. The number of pyridine rings is 1. The summed E-state index contributed by atoms with van der Waals surface area (Å²) in [4.78, 5) is 6.46. The van der Waals surface area contributed by atoms with Gasteiger partial charge in [-0.05, 0) is 31.9 Å². The number of aromatic nitrogens is 1. The molecule has 0 aliphatic heterocycles. The highest BCUT2D eigenvalue weighted by molar-refractivity contribution is 5.49. The van der Waals surface area contributed by atoms with Gasteiger partial charge in [0.25, 0.3) is 0 Å². The van der Waals surface area contributed by atoms with Crippen LogP contribution in [0.3, 0.4) is 0 Å². The second-order valence-corrected chi connectivity index (χ2v) is 4.06. The van der Waals surface area contributed by atoms with E-state index in [-0.39, 0.29) is 0 Å². The van der Waals surface area contributed by atoms with E-state index in [1.807, 2.05) is 13.0 Å². The van der Waals surface area contributed by atoms with Crippen molar-refractivity contribution in [3.8, 4) is 6.07 Å². The number of allylic oxidation sites excluding steroid dienone is 1. The normalized spacial score (nSPS) is 11.1. The van der Waals surface area contributed by atoms with Crippen LogP contribution in [0.1, 0.15) is 25.5 Å².